The first-order valence-corrected chi connectivity index (χ1v) is 5.66. The van der Waals surface area contributed by atoms with Gasteiger partial charge in [0.1, 0.15) is 0 Å². The second kappa shape index (κ2) is 5.78. The number of nitrogens with two attached hydrogens (primary N) is 1. The number of carbonyl (C=O) groups excluding carboxylic acids is 1. The molecule has 1 rings (SSSR count). The summed E-state index contributed by atoms with van der Waals surface area (Å²) in [6, 6.07) is 3.73. The Morgan fingerprint density at radius 1 is 1.57 bits per heavy atom. The summed E-state index contributed by atoms with van der Waals surface area (Å²) in [6.07, 6.45) is 2.12. The van der Waals surface area contributed by atoms with E-state index in [1.165, 1.54) is 11.3 Å². The smallest absolute Gasteiger partial charge is 0.261 e. The molecular weight excluding hydrogens is 196 g/mol. The first-order valence-electron chi connectivity index (χ1n) is 4.85. The number of amides is 1. The molecule has 0 atom stereocenters. The predicted molar refractivity (Wildman–Crippen MR) is 59.5 cm³/mol. The fraction of sp³-hybridized carbons (Fsp3) is 0.500. The zero-order valence-electron chi connectivity index (χ0n) is 8.38. The van der Waals surface area contributed by atoms with Gasteiger partial charge in [0.2, 0.25) is 0 Å². The van der Waals surface area contributed by atoms with E-state index in [0.29, 0.717) is 6.54 Å². The molecule has 3 N–H and O–H groups in total. The van der Waals surface area contributed by atoms with Crippen LogP contribution in [0.1, 0.15) is 34.3 Å². The number of nitrogens with one attached hydrogen (secondary N) is 1. The average molecular weight is 212 g/mol. The fourth-order valence-corrected chi connectivity index (χ4v) is 1.88. The van der Waals surface area contributed by atoms with E-state index >= 15 is 0 Å². The van der Waals surface area contributed by atoms with Crippen molar-refractivity contribution in [2.24, 2.45) is 5.73 Å². The SMILES string of the molecule is CCCCNC(=O)c1ccc(CN)s1. The molecule has 0 aliphatic heterocycles. The molecule has 14 heavy (non-hydrogen) atoms. The van der Waals surface area contributed by atoms with Crippen LogP contribution >= 0.6 is 11.3 Å². The highest BCUT2D eigenvalue weighted by molar-refractivity contribution is 7.14. The van der Waals surface area contributed by atoms with Crippen LogP contribution in [-0.4, -0.2) is 12.5 Å². The van der Waals surface area contributed by atoms with Crippen LogP contribution in [0, 0.1) is 0 Å². The van der Waals surface area contributed by atoms with Crippen molar-refractivity contribution in [1.82, 2.24) is 5.32 Å². The van der Waals surface area contributed by atoms with Crippen LogP contribution in [0.2, 0.25) is 0 Å². The van der Waals surface area contributed by atoms with Crippen LogP contribution in [0.3, 0.4) is 0 Å². The van der Waals surface area contributed by atoms with Gasteiger partial charge in [-0.15, -0.1) is 11.3 Å². The van der Waals surface area contributed by atoms with E-state index < -0.39 is 0 Å². The molecule has 1 amide bonds. The van der Waals surface area contributed by atoms with Gasteiger partial charge in [0.15, 0.2) is 0 Å². The molecule has 3 nitrogen and oxygen atoms in total. The molecule has 4 heteroatoms. The minimum Gasteiger partial charge on any atom is -0.351 e. The van der Waals surface area contributed by atoms with Crippen molar-refractivity contribution >= 4 is 17.2 Å². The molecular formula is C10H16N2OS. The molecule has 0 unspecified atom stereocenters. The molecule has 0 saturated carbocycles. The van der Waals surface area contributed by atoms with Crippen molar-refractivity contribution in [1.29, 1.82) is 0 Å². The standard InChI is InChI=1S/C10H16N2OS/c1-2-3-6-12-10(13)9-5-4-8(7-11)14-9/h4-5H,2-3,6-7,11H2,1H3,(H,12,13). The summed E-state index contributed by atoms with van der Waals surface area (Å²) in [5.41, 5.74) is 5.46. The quantitative estimate of drug-likeness (QED) is 0.730. The molecule has 0 aliphatic rings. The Bertz CT molecular complexity index is 296. The minimum atomic E-state index is 0.0168. The van der Waals surface area contributed by atoms with Gasteiger partial charge >= 0.3 is 0 Å². The zero-order valence-corrected chi connectivity index (χ0v) is 9.19. The molecule has 78 valence electrons. The molecule has 1 aromatic rings. The molecule has 1 heterocycles. The minimum absolute atomic E-state index is 0.0168. The molecule has 0 fully saturated rings. The molecule has 0 saturated heterocycles. The molecule has 1 aromatic heterocycles. The van der Waals surface area contributed by atoms with Crippen LogP contribution in [0.25, 0.3) is 0 Å². The summed E-state index contributed by atoms with van der Waals surface area (Å²) in [5, 5.41) is 2.87. The molecule has 0 aromatic carbocycles. The summed E-state index contributed by atoms with van der Waals surface area (Å²) in [7, 11) is 0. The zero-order chi connectivity index (χ0) is 10.4. The highest BCUT2D eigenvalue weighted by atomic mass is 32.1. The van der Waals surface area contributed by atoms with E-state index in [0.717, 1.165) is 29.1 Å². The van der Waals surface area contributed by atoms with E-state index in [9.17, 15) is 4.79 Å². The first kappa shape index (κ1) is 11.2. The third-order valence-corrected chi connectivity index (χ3v) is 3.01. The maximum atomic E-state index is 11.5. The number of carbonyl (C=O) groups is 1. The van der Waals surface area contributed by atoms with E-state index in [1.807, 2.05) is 12.1 Å². The monoisotopic (exact) mass is 212 g/mol. The maximum Gasteiger partial charge on any atom is 0.261 e. The second-order valence-corrected chi connectivity index (χ2v) is 4.25. The van der Waals surface area contributed by atoms with Gasteiger partial charge in [-0.3, -0.25) is 4.79 Å². The third-order valence-electron chi connectivity index (χ3n) is 1.90. The lowest BCUT2D eigenvalue weighted by molar-refractivity contribution is 0.0957. The number of thiophene rings is 1. The number of unbranched alkanes of at least 4 members (excludes halogenated alkanes) is 1. The van der Waals surface area contributed by atoms with Gasteiger partial charge in [0.25, 0.3) is 5.91 Å². The van der Waals surface area contributed by atoms with Crippen LogP contribution < -0.4 is 11.1 Å². The Morgan fingerprint density at radius 3 is 2.93 bits per heavy atom. The van der Waals surface area contributed by atoms with E-state index in [-0.39, 0.29) is 5.91 Å². The van der Waals surface area contributed by atoms with Crippen molar-refractivity contribution in [3.05, 3.63) is 21.9 Å². The molecule has 0 aliphatic carbocycles. The Kier molecular flexibility index (Phi) is 4.62. The van der Waals surface area contributed by atoms with Gasteiger partial charge in [-0.05, 0) is 18.6 Å². The fourth-order valence-electron chi connectivity index (χ4n) is 1.08. The van der Waals surface area contributed by atoms with Crippen molar-refractivity contribution in [3.8, 4) is 0 Å². The first-order chi connectivity index (χ1) is 6.77. The number of rotatable bonds is 5. The van der Waals surface area contributed by atoms with Crippen LogP contribution in [0.4, 0.5) is 0 Å². The summed E-state index contributed by atoms with van der Waals surface area (Å²) >= 11 is 1.46. The predicted octanol–water partition coefficient (Wildman–Crippen LogP) is 1.74. The largest absolute Gasteiger partial charge is 0.351 e. The van der Waals surface area contributed by atoms with E-state index in [2.05, 4.69) is 12.2 Å². The lowest BCUT2D eigenvalue weighted by atomic mass is 10.3. The molecule has 0 bridgehead atoms. The normalized spacial score (nSPS) is 10.1. The van der Waals surface area contributed by atoms with Gasteiger partial charge in [0, 0.05) is 18.0 Å². The van der Waals surface area contributed by atoms with Crippen molar-refractivity contribution in [3.63, 3.8) is 0 Å². The summed E-state index contributed by atoms with van der Waals surface area (Å²) in [4.78, 5) is 13.3. The third kappa shape index (κ3) is 3.12. The average Bonchev–Trinajstić information content (AvgIpc) is 2.66. The van der Waals surface area contributed by atoms with Crippen LogP contribution in [0.15, 0.2) is 12.1 Å². The topological polar surface area (TPSA) is 55.1 Å². The van der Waals surface area contributed by atoms with Crippen LogP contribution in [-0.2, 0) is 6.54 Å². The second-order valence-electron chi connectivity index (χ2n) is 3.08. The Morgan fingerprint density at radius 2 is 2.36 bits per heavy atom. The Labute approximate surface area is 88.3 Å². The number of hydrogen-bond donors (Lipinski definition) is 2. The van der Waals surface area contributed by atoms with E-state index in [1.54, 1.807) is 0 Å². The van der Waals surface area contributed by atoms with Gasteiger partial charge in [-0.1, -0.05) is 13.3 Å². The van der Waals surface area contributed by atoms with Crippen LogP contribution in [0.5, 0.6) is 0 Å². The van der Waals surface area contributed by atoms with Crippen molar-refractivity contribution < 1.29 is 4.79 Å². The maximum absolute atomic E-state index is 11.5. The van der Waals surface area contributed by atoms with Gasteiger partial charge < -0.3 is 11.1 Å². The van der Waals surface area contributed by atoms with Gasteiger partial charge in [0.05, 0.1) is 4.88 Å². The summed E-state index contributed by atoms with van der Waals surface area (Å²) in [6.45, 7) is 3.36. The van der Waals surface area contributed by atoms with Crippen molar-refractivity contribution in [2.45, 2.75) is 26.3 Å². The van der Waals surface area contributed by atoms with Gasteiger partial charge in [-0.25, -0.2) is 0 Å². The summed E-state index contributed by atoms with van der Waals surface area (Å²) in [5.74, 6) is 0.0168. The lowest BCUT2D eigenvalue weighted by Crippen LogP contribution is -2.23. The number of hydrogen-bond acceptors (Lipinski definition) is 3. The van der Waals surface area contributed by atoms with Gasteiger partial charge in [-0.2, -0.15) is 0 Å². The van der Waals surface area contributed by atoms with Crippen molar-refractivity contribution in [2.75, 3.05) is 6.54 Å². The van der Waals surface area contributed by atoms with E-state index in [4.69, 9.17) is 5.73 Å². The Balaban J connectivity index is 2.44. The summed E-state index contributed by atoms with van der Waals surface area (Å²) < 4.78 is 0. The molecule has 0 spiro atoms. The Hall–Kier alpha value is -0.870. The highest BCUT2D eigenvalue weighted by Gasteiger charge is 2.07. The lowest BCUT2D eigenvalue weighted by Gasteiger charge is -2.00. The molecule has 0 radical (unpaired) electrons. The highest BCUT2D eigenvalue weighted by Crippen LogP contribution is 2.15.